The molecule has 6 nitrogen and oxygen atoms in total. The first-order valence-electron chi connectivity index (χ1n) is 8.22. The van der Waals surface area contributed by atoms with Crippen molar-refractivity contribution < 1.29 is 18.0 Å². The Bertz CT molecular complexity index is 877. The Kier molecular flexibility index (Phi) is 6.52. The van der Waals surface area contributed by atoms with E-state index in [1.807, 2.05) is 13.8 Å². The molecule has 0 bridgehead atoms. The van der Waals surface area contributed by atoms with Gasteiger partial charge in [0.05, 0.1) is 17.2 Å². The molecule has 0 spiro atoms. The molecule has 26 heavy (non-hydrogen) atoms. The van der Waals surface area contributed by atoms with Crippen molar-refractivity contribution in [2.75, 3.05) is 6.54 Å². The first-order valence-corrected chi connectivity index (χ1v) is 9.87. The zero-order chi connectivity index (χ0) is 19.2. The predicted octanol–water partition coefficient (Wildman–Crippen LogP) is 1.91. The zero-order valence-electron chi connectivity index (χ0n) is 14.7. The van der Waals surface area contributed by atoms with Gasteiger partial charge in [-0.2, -0.15) is 0 Å². The van der Waals surface area contributed by atoms with Crippen LogP contribution in [0.25, 0.3) is 0 Å². The fourth-order valence-corrected chi connectivity index (χ4v) is 3.73. The highest BCUT2D eigenvalue weighted by atomic mass is 32.2. The van der Waals surface area contributed by atoms with Gasteiger partial charge in [-0.25, -0.2) is 8.42 Å². The molecule has 2 amide bonds. The maximum atomic E-state index is 12.4. The monoisotopic (exact) mass is 374 g/mol. The van der Waals surface area contributed by atoms with E-state index in [2.05, 4.69) is 10.6 Å². The molecule has 0 unspecified atom stereocenters. The lowest BCUT2D eigenvalue weighted by molar-refractivity contribution is -0.120. The fraction of sp³-hybridized carbons (Fsp3) is 0.263. The second-order valence-electron chi connectivity index (χ2n) is 6.18. The fourth-order valence-electron chi connectivity index (χ4n) is 2.37. The van der Waals surface area contributed by atoms with Gasteiger partial charge in [-0.1, -0.05) is 30.3 Å². The van der Waals surface area contributed by atoms with Crippen molar-refractivity contribution >= 4 is 21.7 Å². The van der Waals surface area contributed by atoms with Gasteiger partial charge in [0.25, 0.3) is 5.91 Å². The van der Waals surface area contributed by atoms with E-state index < -0.39 is 15.7 Å². The summed E-state index contributed by atoms with van der Waals surface area (Å²) in [6.45, 7) is 3.52. The van der Waals surface area contributed by atoms with Crippen molar-refractivity contribution in [3.05, 3.63) is 65.7 Å². The number of nitrogens with one attached hydrogen (secondary N) is 2. The van der Waals surface area contributed by atoms with Crippen molar-refractivity contribution in [2.45, 2.75) is 30.5 Å². The zero-order valence-corrected chi connectivity index (χ0v) is 15.5. The molecule has 2 rings (SSSR count). The predicted molar refractivity (Wildman–Crippen MR) is 99.4 cm³/mol. The molecule has 2 aromatic carbocycles. The molecule has 138 valence electrons. The van der Waals surface area contributed by atoms with Gasteiger partial charge >= 0.3 is 0 Å². The Morgan fingerprint density at radius 2 is 1.69 bits per heavy atom. The van der Waals surface area contributed by atoms with Gasteiger partial charge < -0.3 is 10.6 Å². The Labute approximate surface area is 153 Å². The average molecular weight is 374 g/mol. The van der Waals surface area contributed by atoms with Crippen molar-refractivity contribution in [1.29, 1.82) is 0 Å². The van der Waals surface area contributed by atoms with E-state index >= 15 is 0 Å². The third-order valence-corrected chi connectivity index (χ3v) is 5.21. The number of hydrogen-bond donors (Lipinski definition) is 2. The van der Waals surface area contributed by atoms with Crippen molar-refractivity contribution in [3.63, 3.8) is 0 Å². The summed E-state index contributed by atoms with van der Waals surface area (Å²) >= 11 is 0. The average Bonchev–Trinajstić information content (AvgIpc) is 2.60. The largest absolute Gasteiger partial charge is 0.352 e. The summed E-state index contributed by atoms with van der Waals surface area (Å²) in [4.78, 5) is 24.0. The topological polar surface area (TPSA) is 92.3 Å². The first kappa shape index (κ1) is 19.7. The second-order valence-corrected chi connectivity index (χ2v) is 8.17. The van der Waals surface area contributed by atoms with Crippen LogP contribution in [0.5, 0.6) is 0 Å². The van der Waals surface area contributed by atoms with Crippen LogP contribution in [0.1, 0.15) is 29.8 Å². The molecule has 0 aromatic heterocycles. The van der Waals surface area contributed by atoms with Gasteiger partial charge in [0.2, 0.25) is 5.91 Å². The number of amides is 2. The quantitative estimate of drug-likeness (QED) is 0.774. The third kappa shape index (κ3) is 5.70. The van der Waals surface area contributed by atoms with Crippen LogP contribution in [0.3, 0.4) is 0 Å². The molecular weight excluding hydrogens is 352 g/mol. The van der Waals surface area contributed by atoms with E-state index in [-0.39, 0.29) is 29.1 Å². The molecule has 0 aliphatic carbocycles. The number of hydrogen-bond acceptors (Lipinski definition) is 4. The summed E-state index contributed by atoms with van der Waals surface area (Å²) in [7, 11) is -3.49. The molecule has 0 fully saturated rings. The van der Waals surface area contributed by atoms with Crippen molar-refractivity contribution in [3.8, 4) is 0 Å². The molecule has 7 heteroatoms. The van der Waals surface area contributed by atoms with Crippen LogP contribution in [0.2, 0.25) is 0 Å². The minimum Gasteiger partial charge on any atom is -0.352 e. The number of rotatable bonds is 7. The van der Waals surface area contributed by atoms with Gasteiger partial charge in [-0.15, -0.1) is 0 Å². The number of carbonyl (C=O) groups is 2. The lowest BCUT2D eigenvalue weighted by Crippen LogP contribution is -2.39. The van der Waals surface area contributed by atoms with E-state index in [1.165, 1.54) is 6.07 Å². The molecule has 2 aromatic rings. The van der Waals surface area contributed by atoms with Gasteiger partial charge in [0, 0.05) is 11.6 Å². The van der Waals surface area contributed by atoms with E-state index in [0.29, 0.717) is 11.1 Å². The molecule has 2 N–H and O–H groups in total. The van der Waals surface area contributed by atoms with Crippen LogP contribution < -0.4 is 10.6 Å². The minimum absolute atomic E-state index is 0.00840. The molecule has 0 aliphatic rings. The van der Waals surface area contributed by atoms with Crippen LogP contribution in [-0.4, -0.2) is 32.8 Å². The number of benzene rings is 2. The lowest BCUT2D eigenvalue weighted by atomic mass is 10.1. The number of carbonyl (C=O) groups excluding carboxylic acids is 2. The van der Waals surface area contributed by atoms with Gasteiger partial charge in [-0.3, -0.25) is 9.59 Å². The maximum Gasteiger partial charge on any atom is 0.251 e. The van der Waals surface area contributed by atoms with Crippen LogP contribution in [-0.2, 0) is 20.4 Å². The Hall–Kier alpha value is -2.67. The summed E-state index contributed by atoms with van der Waals surface area (Å²) in [6, 6.07) is 14.5. The summed E-state index contributed by atoms with van der Waals surface area (Å²) in [5, 5.41) is 5.20. The highest BCUT2D eigenvalue weighted by molar-refractivity contribution is 7.90. The highest BCUT2D eigenvalue weighted by Gasteiger charge is 2.16. The third-order valence-electron chi connectivity index (χ3n) is 3.51. The van der Waals surface area contributed by atoms with Crippen molar-refractivity contribution in [1.82, 2.24) is 10.6 Å². The van der Waals surface area contributed by atoms with Gasteiger partial charge in [-0.05, 0) is 43.7 Å². The molecular formula is C19H22N2O4S. The number of sulfone groups is 1. The maximum absolute atomic E-state index is 12.4. The van der Waals surface area contributed by atoms with Crippen LogP contribution in [0.15, 0.2) is 59.5 Å². The van der Waals surface area contributed by atoms with E-state index in [0.717, 1.165) is 0 Å². The molecule has 0 saturated heterocycles. The van der Waals surface area contributed by atoms with Crippen LogP contribution in [0.4, 0.5) is 0 Å². The first-order chi connectivity index (χ1) is 12.3. The summed E-state index contributed by atoms with van der Waals surface area (Å²) in [5.74, 6) is -0.912. The highest BCUT2D eigenvalue weighted by Crippen LogP contribution is 2.17. The summed E-state index contributed by atoms with van der Waals surface area (Å²) < 4.78 is 24.9. The Morgan fingerprint density at radius 3 is 2.35 bits per heavy atom. The standard InChI is InChI=1S/C19H22N2O4S/c1-14(2)21-18(22)12-20-19(23)16-8-6-7-15(11-16)13-26(24,25)17-9-4-3-5-10-17/h3-11,14H,12-13H2,1-2H3,(H,20,23)(H,21,22). The second kappa shape index (κ2) is 8.62. The van der Waals surface area contributed by atoms with Crippen molar-refractivity contribution in [2.24, 2.45) is 0 Å². The molecule has 0 saturated carbocycles. The normalized spacial score (nSPS) is 11.2. The van der Waals surface area contributed by atoms with Crippen LogP contribution >= 0.6 is 0 Å². The lowest BCUT2D eigenvalue weighted by Gasteiger charge is -2.10. The summed E-state index contributed by atoms with van der Waals surface area (Å²) in [5.41, 5.74) is 0.816. The molecule has 0 radical (unpaired) electrons. The van der Waals surface area contributed by atoms with E-state index in [1.54, 1.807) is 48.5 Å². The van der Waals surface area contributed by atoms with E-state index in [4.69, 9.17) is 0 Å². The summed E-state index contributed by atoms with van der Waals surface area (Å²) in [6.07, 6.45) is 0. The smallest absolute Gasteiger partial charge is 0.251 e. The Morgan fingerprint density at radius 1 is 1.00 bits per heavy atom. The Balaban J connectivity index is 2.06. The minimum atomic E-state index is -3.49. The van der Waals surface area contributed by atoms with E-state index in [9.17, 15) is 18.0 Å². The van der Waals surface area contributed by atoms with Gasteiger partial charge in [0.1, 0.15) is 0 Å². The molecule has 0 aliphatic heterocycles. The van der Waals surface area contributed by atoms with Crippen LogP contribution in [0, 0.1) is 0 Å². The van der Waals surface area contributed by atoms with Gasteiger partial charge in [0.15, 0.2) is 9.84 Å². The molecule has 0 heterocycles. The molecule has 0 atom stereocenters. The SMILES string of the molecule is CC(C)NC(=O)CNC(=O)c1cccc(CS(=O)(=O)c2ccccc2)c1.